The number of rotatable bonds is 5. The standard InChI is InChI=1S/C13H18N2O3/c1-9(14)8-11(16)15-12(13(17)18-2)10-6-4-3-5-7-10/h3-7,9,12H,8,14H2,1-2H3,(H,15,16). The maximum absolute atomic E-state index is 11.7. The first-order chi connectivity index (χ1) is 8.54. The van der Waals surface area contributed by atoms with Gasteiger partial charge in [-0.2, -0.15) is 0 Å². The molecule has 0 aliphatic rings. The Morgan fingerprint density at radius 2 is 1.94 bits per heavy atom. The van der Waals surface area contributed by atoms with Crippen LogP contribution < -0.4 is 11.1 Å². The molecule has 0 spiro atoms. The van der Waals surface area contributed by atoms with Crippen LogP contribution in [0.25, 0.3) is 0 Å². The molecular weight excluding hydrogens is 232 g/mol. The zero-order chi connectivity index (χ0) is 13.5. The summed E-state index contributed by atoms with van der Waals surface area (Å²) in [5.41, 5.74) is 6.22. The number of carbonyl (C=O) groups excluding carboxylic acids is 2. The number of nitrogens with one attached hydrogen (secondary N) is 1. The number of esters is 1. The van der Waals surface area contributed by atoms with Gasteiger partial charge in [0.05, 0.1) is 7.11 Å². The molecule has 0 heterocycles. The van der Waals surface area contributed by atoms with Gasteiger partial charge in [-0.1, -0.05) is 30.3 Å². The van der Waals surface area contributed by atoms with Gasteiger partial charge in [0.2, 0.25) is 5.91 Å². The van der Waals surface area contributed by atoms with Crippen LogP contribution in [0.15, 0.2) is 30.3 Å². The molecule has 0 bridgehead atoms. The first-order valence-corrected chi connectivity index (χ1v) is 5.72. The summed E-state index contributed by atoms with van der Waals surface area (Å²) in [6.45, 7) is 1.73. The zero-order valence-corrected chi connectivity index (χ0v) is 10.6. The largest absolute Gasteiger partial charge is 0.467 e. The van der Waals surface area contributed by atoms with E-state index in [-0.39, 0.29) is 18.4 Å². The molecule has 2 unspecified atom stereocenters. The average molecular weight is 250 g/mol. The van der Waals surface area contributed by atoms with Crippen LogP contribution in [-0.2, 0) is 14.3 Å². The van der Waals surface area contributed by atoms with Crippen molar-refractivity contribution in [3.8, 4) is 0 Å². The van der Waals surface area contributed by atoms with Gasteiger partial charge in [-0.15, -0.1) is 0 Å². The predicted molar refractivity (Wildman–Crippen MR) is 67.6 cm³/mol. The number of hydrogen-bond donors (Lipinski definition) is 2. The van der Waals surface area contributed by atoms with Gasteiger partial charge < -0.3 is 15.8 Å². The topological polar surface area (TPSA) is 81.4 Å². The van der Waals surface area contributed by atoms with E-state index in [4.69, 9.17) is 5.73 Å². The van der Waals surface area contributed by atoms with E-state index in [1.165, 1.54) is 7.11 Å². The fraction of sp³-hybridized carbons (Fsp3) is 0.385. The van der Waals surface area contributed by atoms with Gasteiger partial charge in [0.25, 0.3) is 0 Å². The maximum Gasteiger partial charge on any atom is 0.333 e. The lowest BCUT2D eigenvalue weighted by Crippen LogP contribution is -2.37. The average Bonchev–Trinajstić information content (AvgIpc) is 2.35. The predicted octanol–water partition coefficient (Wildman–Crippen LogP) is 0.754. The summed E-state index contributed by atoms with van der Waals surface area (Å²) in [7, 11) is 1.29. The molecule has 3 N–H and O–H groups in total. The molecule has 0 radical (unpaired) electrons. The van der Waals surface area contributed by atoms with Crippen LogP contribution in [0.2, 0.25) is 0 Å². The van der Waals surface area contributed by atoms with Crippen molar-refractivity contribution in [1.82, 2.24) is 5.32 Å². The van der Waals surface area contributed by atoms with Crippen molar-refractivity contribution in [3.05, 3.63) is 35.9 Å². The Kier molecular flexibility index (Phi) is 5.32. The molecule has 0 aliphatic heterocycles. The van der Waals surface area contributed by atoms with Gasteiger partial charge in [0.15, 0.2) is 6.04 Å². The minimum absolute atomic E-state index is 0.167. The third kappa shape index (κ3) is 4.18. The molecule has 1 rings (SSSR count). The second kappa shape index (κ2) is 6.76. The van der Waals surface area contributed by atoms with E-state index >= 15 is 0 Å². The summed E-state index contributed by atoms with van der Waals surface area (Å²) in [4.78, 5) is 23.3. The maximum atomic E-state index is 11.7. The lowest BCUT2D eigenvalue weighted by Gasteiger charge is -2.17. The molecule has 0 saturated carbocycles. The molecular formula is C13H18N2O3. The van der Waals surface area contributed by atoms with Gasteiger partial charge in [0, 0.05) is 12.5 Å². The summed E-state index contributed by atoms with van der Waals surface area (Å²) < 4.78 is 4.69. The van der Waals surface area contributed by atoms with Gasteiger partial charge in [-0.05, 0) is 12.5 Å². The van der Waals surface area contributed by atoms with Crippen LogP contribution in [-0.4, -0.2) is 25.0 Å². The molecule has 1 aromatic rings. The summed E-state index contributed by atoms with van der Waals surface area (Å²) in [6.07, 6.45) is 0.167. The van der Waals surface area contributed by atoms with Crippen molar-refractivity contribution in [2.24, 2.45) is 5.73 Å². The van der Waals surface area contributed by atoms with E-state index in [1.54, 1.807) is 31.2 Å². The fourth-order valence-corrected chi connectivity index (χ4v) is 1.55. The molecule has 2 atom stereocenters. The number of hydrogen-bond acceptors (Lipinski definition) is 4. The van der Waals surface area contributed by atoms with Crippen LogP contribution in [0.4, 0.5) is 0 Å². The smallest absolute Gasteiger partial charge is 0.333 e. The number of amides is 1. The lowest BCUT2D eigenvalue weighted by molar-refractivity contribution is -0.145. The van der Waals surface area contributed by atoms with Gasteiger partial charge in [-0.3, -0.25) is 4.79 Å². The Labute approximate surface area is 106 Å². The number of ether oxygens (including phenoxy) is 1. The van der Waals surface area contributed by atoms with Crippen molar-refractivity contribution in [1.29, 1.82) is 0 Å². The third-order valence-electron chi connectivity index (χ3n) is 2.38. The van der Waals surface area contributed by atoms with Crippen molar-refractivity contribution < 1.29 is 14.3 Å². The highest BCUT2D eigenvalue weighted by Gasteiger charge is 2.23. The fourth-order valence-electron chi connectivity index (χ4n) is 1.55. The molecule has 5 nitrogen and oxygen atoms in total. The first-order valence-electron chi connectivity index (χ1n) is 5.72. The van der Waals surface area contributed by atoms with E-state index in [2.05, 4.69) is 10.1 Å². The number of benzene rings is 1. The molecule has 5 heteroatoms. The van der Waals surface area contributed by atoms with Crippen molar-refractivity contribution in [2.75, 3.05) is 7.11 Å². The van der Waals surface area contributed by atoms with E-state index in [9.17, 15) is 9.59 Å². The van der Waals surface area contributed by atoms with E-state index < -0.39 is 12.0 Å². The van der Waals surface area contributed by atoms with E-state index in [0.29, 0.717) is 5.56 Å². The highest BCUT2D eigenvalue weighted by molar-refractivity contribution is 5.85. The molecule has 1 aromatic carbocycles. The molecule has 1 amide bonds. The SMILES string of the molecule is COC(=O)C(NC(=O)CC(C)N)c1ccccc1. The Balaban J connectivity index is 2.80. The lowest BCUT2D eigenvalue weighted by atomic mass is 10.1. The zero-order valence-electron chi connectivity index (χ0n) is 10.6. The molecule has 98 valence electrons. The number of methoxy groups -OCH3 is 1. The quantitative estimate of drug-likeness (QED) is 0.756. The normalized spacial score (nSPS) is 13.5. The molecule has 0 aliphatic carbocycles. The summed E-state index contributed by atoms with van der Waals surface area (Å²) in [6, 6.07) is 7.90. The summed E-state index contributed by atoms with van der Waals surface area (Å²) in [5, 5.41) is 2.62. The third-order valence-corrected chi connectivity index (χ3v) is 2.38. The highest BCUT2D eigenvalue weighted by atomic mass is 16.5. The summed E-state index contributed by atoms with van der Waals surface area (Å²) >= 11 is 0. The minimum atomic E-state index is -0.789. The second-order valence-corrected chi connectivity index (χ2v) is 4.12. The Bertz CT molecular complexity index is 404. The second-order valence-electron chi connectivity index (χ2n) is 4.12. The molecule has 0 saturated heterocycles. The summed E-state index contributed by atoms with van der Waals surface area (Å²) in [5.74, 6) is -0.775. The van der Waals surface area contributed by atoms with Crippen molar-refractivity contribution in [3.63, 3.8) is 0 Å². The monoisotopic (exact) mass is 250 g/mol. The van der Waals surface area contributed by atoms with Crippen molar-refractivity contribution in [2.45, 2.75) is 25.4 Å². The van der Waals surface area contributed by atoms with E-state index in [0.717, 1.165) is 0 Å². The Morgan fingerprint density at radius 3 is 2.44 bits per heavy atom. The number of carbonyl (C=O) groups is 2. The van der Waals surface area contributed by atoms with Crippen molar-refractivity contribution >= 4 is 11.9 Å². The molecule has 0 fully saturated rings. The van der Waals surface area contributed by atoms with Gasteiger partial charge in [-0.25, -0.2) is 4.79 Å². The van der Waals surface area contributed by atoms with Crippen LogP contribution in [0, 0.1) is 0 Å². The van der Waals surface area contributed by atoms with Crippen LogP contribution in [0.5, 0.6) is 0 Å². The minimum Gasteiger partial charge on any atom is -0.467 e. The van der Waals surface area contributed by atoms with Gasteiger partial charge in [0.1, 0.15) is 0 Å². The molecule has 0 aromatic heterocycles. The van der Waals surface area contributed by atoms with Crippen LogP contribution in [0.1, 0.15) is 24.9 Å². The van der Waals surface area contributed by atoms with E-state index in [1.807, 2.05) is 6.07 Å². The van der Waals surface area contributed by atoms with Crippen LogP contribution in [0.3, 0.4) is 0 Å². The Hall–Kier alpha value is -1.88. The van der Waals surface area contributed by atoms with Gasteiger partial charge >= 0.3 is 5.97 Å². The Morgan fingerprint density at radius 1 is 1.33 bits per heavy atom. The highest BCUT2D eigenvalue weighted by Crippen LogP contribution is 2.14. The van der Waals surface area contributed by atoms with Crippen LogP contribution >= 0.6 is 0 Å². The number of nitrogens with two attached hydrogens (primary N) is 1. The molecule has 18 heavy (non-hydrogen) atoms. The first kappa shape index (κ1) is 14.2.